The molecule has 1 saturated heterocycles. The molecule has 1 heterocycles. The molecule has 0 unspecified atom stereocenters. The number of anilines is 2. The summed E-state index contributed by atoms with van der Waals surface area (Å²) in [5.74, 6) is -0.903. The molecule has 9 heteroatoms. The Morgan fingerprint density at radius 1 is 1.15 bits per heavy atom. The van der Waals surface area contributed by atoms with Gasteiger partial charge in [-0.15, -0.1) is 11.8 Å². The van der Waals surface area contributed by atoms with Crippen LogP contribution in [0.15, 0.2) is 46.9 Å². The van der Waals surface area contributed by atoms with Crippen LogP contribution in [0.3, 0.4) is 0 Å². The van der Waals surface area contributed by atoms with Gasteiger partial charge in [0.05, 0.1) is 16.7 Å². The first-order valence-corrected chi connectivity index (χ1v) is 10.4. The highest BCUT2D eigenvalue weighted by molar-refractivity contribution is 9.10. The minimum Gasteiger partial charge on any atom is -0.325 e. The Morgan fingerprint density at radius 2 is 1.78 bits per heavy atom. The standard InChI is InChI=1S/C18H13BrCl2N2O3S/c19-10-1-3-13(4-2-10)22-16(24)9-27-15-8-17(25)23(18(15)26)14-6-11(20)5-12(21)7-14/h1-7,15H,8-9H2,(H,22,24)/t15-/m1/s1. The highest BCUT2D eigenvalue weighted by atomic mass is 79.9. The van der Waals surface area contributed by atoms with Crippen LogP contribution in [-0.2, 0) is 14.4 Å². The number of imide groups is 1. The summed E-state index contributed by atoms with van der Waals surface area (Å²) in [5, 5.41) is 2.80. The van der Waals surface area contributed by atoms with Gasteiger partial charge in [0.25, 0.3) is 0 Å². The van der Waals surface area contributed by atoms with Crippen molar-refractivity contribution in [3.8, 4) is 0 Å². The average Bonchev–Trinajstić information content (AvgIpc) is 2.88. The SMILES string of the molecule is O=C(CS[C@@H]1CC(=O)N(c2cc(Cl)cc(Cl)c2)C1=O)Nc1ccc(Br)cc1. The fourth-order valence-corrected chi connectivity index (χ4v) is 4.29. The van der Waals surface area contributed by atoms with Gasteiger partial charge >= 0.3 is 0 Å². The number of thioether (sulfide) groups is 1. The maximum atomic E-state index is 12.6. The van der Waals surface area contributed by atoms with Crippen molar-refractivity contribution < 1.29 is 14.4 Å². The third-order valence-electron chi connectivity index (χ3n) is 3.75. The molecule has 0 aromatic heterocycles. The van der Waals surface area contributed by atoms with Gasteiger partial charge in [-0.3, -0.25) is 14.4 Å². The zero-order valence-electron chi connectivity index (χ0n) is 13.7. The number of carbonyl (C=O) groups excluding carboxylic acids is 3. The molecular weight excluding hydrogens is 475 g/mol. The number of nitrogens with one attached hydrogen (secondary N) is 1. The largest absolute Gasteiger partial charge is 0.325 e. The minimum atomic E-state index is -0.620. The summed E-state index contributed by atoms with van der Waals surface area (Å²) >= 11 is 16.4. The molecule has 5 nitrogen and oxygen atoms in total. The summed E-state index contributed by atoms with van der Waals surface area (Å²) in [6.07, 6.45) is 0.0270. The van der Waals surface area contributed by atoms with Crippen molar-refractivity contribution in [1.82, 2.24) is 0 Å². The second-order valence-corrected chi connectivity index (χ2v) is 8.73. The number of amides is 3. The second kappa shape index (κ2) is 8.65. The van der Waals surface area contributed by atoms with Crippen LogP contribution in [0, 0.1) is 0 Å². The van der Waals surface area contributed by atoms with Crippen LogP contribution >= 0.6 is 50.9 Å². The maximum absolute atomic E-state index is 12.6. The number of nitrogens with zero attached hydrogens (tertiary/aromatic N) is 1. The van der Waals surface area contributed by atoms with Crippen LogP contribution < -0.4 is 10.2 Å². The molecule has 3 amide bonds. The van der Waals surface area contributed by atoms with Gasteiger partial charge in [0.15, 0.2) is 0 Å². The van der Waals surface area contributed by atoms with Crippen molar-refractivity contribution in [3.05, 3.63) is 57.0 Å². The van der Waals surface area contributed by atoms with Crippen LogP contribution in [-0.4, -0.2) is 28.7 Å². The molecule has 2 aromatic carbocycles. The van der Waals surface area contributed by atoms with Gasteiger partial charge in [0.1, 0.15) is 0 Å². The lowest BCUT2D eigenvalue weighted by Gasteiger charge is -2.15. The van der Waals surface area contributed by atoms with E-state index >= 15 is 0 Å². The lowest BCUT2D eigenvalue weighted by Crippen LogP contribution is -2.31. The van der Waals surface area contributed by atoms with E-state index in [4.69, 9.17) is 23.2 Å². The topological polar surface area (TPSA) is 66.5 Å². The van der Waals surface area contributed by atoms with E-state index in [1.54, 1.807) is 12.1 Å². The monoisotopic (exact) mass is 486 g/mol. The van der Waals surface area contributed by atoms with E-state index in [-0.39, 0.29) is 29.9 Å². The molecule has 27 heavy (non-hydrogen) atoms. The molecule has 0 bridgehead atoms. The smallest absolute Gasteiger partial charge is 0.247 e. The third kappa shape index (κ3) is 5.04. The van der Waals surface area contributed by atoms with Gasteiger partial charge in [-0.05, 0) is 42.5 Å². The molecule has 140 valence electrons. The van der Waals surface area contributed by atoms with E-state index in [0.717, 1.165) is 21.1 Å². The maximum Gasteiger partial charge on any atom is 0.247 e. The first-order chi connectivity index (χ1) is 12.8. The Bertz CT molecular complexity index is 888. The molecule has 2 aromatic rings. The Kier molecular flexibility index (Phi) is 6.47. The normalized spacial score (nSPS) is 16.7. The molecule has 0 saturated carbocycles. The molecule has 1 aliphatic rings. The number of hydrogen-bond acceptors (Lipinski definition) is 4. The van der Waals surface area contributed by atoms with Gasteiger partial charge in [-0.2, -0.15) is 0 Å². The first kappa shape index (κ1) is 20.2. The second-order valence-electron chi connectivity index (χ2n) is 5.75. The molecule has 0 aliphatic carbocycles. The predicted molar refractivity (Wildman–Crippen MR) is 113 cm³/mol. The molecule has 1 atom stereocenters. The quantitative estimate of drug-likeness (QED) is 0.617. The number of hydrogen-bond donors (Lipinski definition) is 1. The number of rotatable bonds is 5. The van der Waals surface area contributed by atoms with Crippen molar-refractivity contribution in [2.75, 3.05) is 16.0 Å². The van der Waals surface area contributed by atoms with E-state index in [9.17, 15) is 14.4 Å². The summed E-state index contributed by atoms with van der Waals surface area (Å²) < 4.78 is 0.908. The van der Waals surface area contributed by atoms with E-state index in [1.807, 2.05) is 12.1 Å². The average molecular weight is 488 g/mol. The molecule has 1 N–H and O–H groups in total. The molecule has 1 fully saturated rings. The van der Waals surface area contributed by atoms with Crippen LogP contribution in [0.2, 0.25) is 10.0 Å². The van der Waals surface area contributed by atoms with Crippen LogP contribution in [0.25, 0.3) is 0 Å². The van der Waals surface area contributed by atoms with Gasteiger partial charge in [0, 0.05) is 26.6 Å². The van der Waals surface area contributed by atoms with Gasteiger partial charge in [0.2, 0.25) is 17.7 Å². The van der Waals surface area contributed by atoms with Gasteiger partial charge in [-0.25, -0.2) is 4.90 Å². The Labute approximate surface area is 178 Å². The lowest BCUT2D eigenvalue weighted by molar-refractivity contribution is -0.121. The van der Waals surface area contributed by atoms with Crippen molar-refractivity contribution >= 4 is 80.0 Å². The van der Waals surface area contributed by atoms with Crippen LogP contribution in [0.4, 0.5) is 11.4 Å². The Hall–Kier alpha value is -1.54. The zero-order chi connectivity index (χ0) is 19.6. The molecular formula is C18H13BrCl2N2O3S. The van der Waals surface area contributed by atoms with E-state index in [1.165, 1.54) is 18.2 Å². The predicted octanol–water partition coefficient (Wildman–Crippen LogP) is 4.76. The summed E-state index contributed by atoms with van der Waals surface area (Å²) in [7, 11) is 0. The molecule has 0 spiro atoms. The van der Waals surface area contributed by atoms with Crippen molar-refractivity contribution in [2.45, 2.75) is 11.7 Å². The lowest BCUT2D eigenvalue weighted by atomic mass is 10.3. The summed E-state index contributed by atoms with van der Waals surface area (Å²) in [6.45, 7) is 0. The minimum absolute atomic E-state index is 0.0270. The molecule has 1 aliphatic heterocycles. The summed E-state index contributed by atoms with van der Waals surface area (Å²) in [5.41, 5.74) is 0.998. The van der Waals surface area contributed by atoms with E-state index in [0.29, 0.717) is 21.4 Å². The van der Waals surface area contributed by atoms with Gasteiger partial charge in [-0.1, -0.05) is 39.1 Å². The summed E-state index contributed by atoms with van der Waals surface area (Å²) in [6, 6.07) is 11.7. The Morgan fingerprint density at radius 3 is 2.41 bits per heavy atom. The first-order valence-electron chi connectivity index (χ1n) is 7.83. The fraction of sp³-hybridized carbons (Fsp3) is 0.167. The number of carbonyl (C=O) groups is 3. The zero-order valence-corrected chi connectivity index (χ0v) is 17.7. The number of halogens is 3. The van der Waals surface area contributed by atoms with Crippen LogP contribution in [0.1, 0.15) is 6.42 Å². The third-order valence-corrected chi connectivity index (χ3v) is 5.92. The van der Waals surface area contributed by atoms with Crippen molar-refractivity contribution in [2.24, 2.45) is 0 Å². The number of benzene rings is 2. The summed E-state index contributed by atoms with van der Waals surface area (Å²) in [4.78, 5) is 38.1. The highest BCUT2D eigenvalue weighted by Gasteiger charge is 2.40. The van der Waals surface area contributed by atoms with Gasteiger partial charge < -0.3 is 5.32 Å². The van der Waals surface area contributed by atoms with E-state index in [2.05, 4.69) is 21.2 Å². The Balaban J connectivity index is 1.61. The van der Waals surface area contributed by atoms with Crippen molar-refractivity contribution in [1.29, 1.82) is 0 Å². The van der Waals surface area contributed by atoms with Crippen LogP contribution in [0.5, 0.6) is 0 Å². The molecule has 0 radical (unpaired) electrons. The highest BCUT2D eigenvalue weighted by Crippen LogP contribution is 2.33. The molecule has 3 rings (SSSR count). The van der Waals surface area contributed by atoms with E-state index < -0.39 is 5.25 Å². The fourth-order valence-electron chi connectivity index (χ4n) is 2.58. The van der Waals surface area contributed by atoms with Crippen molar-refractivity contribution in [3.63, 3.8) is 0 Å².